The van der Waals surface area contributed by atoms with Gasteiger partial charge in [0.15, 0.2) is 5.70 Å². The van der Waals surface area contributed by atoms with E-state index in [0.29, 0.717) is 11.3 Å². The fraction of sp³-hybridized carbons (Fsp3) is 0.0588. The third kappa shape index (κ3) is 3.04. The summed E-state index contributed by atoms with van der Waals surface area (Å²) in [5.74, 6) is 0.420. The highest BCUT2D eigenvalue weighted by Gasteiger charge is 2.26. The van der Waals surface area contributed by atoms with Crippen molar-refractivity contribution in [2.45, 2.75) is 0 Å². The van der Waals surface area contributed by atoms with Crippen LogP contribution in [0.1, 0.15) is 11.1 Å². The lowest BCUT2D eigenvalue weighted by molar-refractivity contribution is -0.129. The Labute approximate surface area is 141 Å². The Hall–Kier alpha value is -2.15. The summed E-state index contributed by atoms with van der Waals surface area (Å²) in [5, 5.41) is 0. The van der Waals surface area contributed by atoms with Crippen LogP contribution in [0.2, 0.25) is 0 Å². The summed E-state index contributed by atoms with van der Waals surface area (Å²) in [6.07, 6.45) is 1.72. The molecule has 22 heavy (non-hydrogen) atoms. The Bertz CT molecular complexity index is 796. The second kappa shape index (κ2) is 6.31. The van der Waals surface area contributed by atoms with Gasteiger partial charge in [-0.1, -0.05) is 24.3 Å². The molecule has 0 atom stereocenters. The van der Waals surface area contributed by atoms with E-state index in [2.05, 4.69) is 27.6 Å². The molecule has 2 aromatic carbocycles. The Morgan fingerprint density at radius 1 is 1.18 bits per heavy atom. The molecule has 0 spiro atoms. The largest absolute Gasteiger partial charge is 0.496 e. The summed E-state index contributed by atoms with van der Waals surface area (Å²) >= 11 is 2.22. The van der Waals surface area contributed by atoms with Crippen molar-refractivity contribution >= 4 is 40.5 Å². The highest BCUT2D eigenvalue weighted by molar-refractivity contribution is 14.1. The van der Waals surface area contributed by atoms with Gasteiger partial charge in [0.25, 0.3) is 0 Å². The molecule has 3 rings (SSSR count). The van der Waals surface area contributed by atoms with Crippen molar-refractivity contribution < 1.29 is 14.3 Å². The van der Waals surface area contributed by atoms with Crippen LogP contribution in [0.3, 0.4) is 0 Å². The monoisotopic (exact) mass is 405 g/mol. The van der Waals surface area contributed by atoms with Crippen molar-refractivity contribution in [3.05, 3.63) is 68.9 Å². The fourth-order valence-corrected chi connectivity index (χ4v) is 2.67. The number of carbonyl (C=O) groups is 1. The first-order valence-corrected chi connectivity index (χ1v) is 7.67. The second-order valence-electron chi connectivity index (χ2n) is 4.59. The van der Waals surface area contributed by atoms with Crippen LogP contribution in [0.15, 0.2) is 59.2 Å². The summed E-state index contributed by atoms with van der Waals surface area (Å²) in [7, 11) is 1.57. The number of cyclic esters (lactones) is 1. The Kier molecular flexibility index (Phi) is 4.24. The first kappa shape index (κ1) is 14.8. The molecule has 0 unspecified atom stereocenters. The van der Waals surface area contributed by atoms with E-state index in [1.807, 2.05) is 36.4 Å². The Morgan fingerprint density at radius 2 is 2.00 bits per heavy atom. The molecule has 0 saturated carbocycles. The number of esters is 1. The predicted octanol–water partition coefficient (Wildman–Crippen LogP) is 3.64. The zero-order chi connectivity index (χ0) is 15.5. The van der Waals surface area contributed by atoms with E-state index >= 15 is 0 Å². The standard InChI is InChI=1S/C17H12INO3/c1-21-15-8-3-2-7-13(15)16-19-14(17(20)22-16)10-11-5-4-6-12(18)9-11/h2-10H,1H3. The summed E-state index contributed by atoms with van der Waals surface area (Å²) in [6.45, 7) is 0. The smallest absolute Gasteiger partial charge is 0.363 e. The van der Waals surface area contributed by atoms with E-state index in [9.17, 15) is 4.79 Å². The summed E-state index contributed by atoms with van der Waals surface area (Å²) in [6, 6.07) is 15.1. The maximum absolute atomic E-state index is 12.0. The van der Waals surface area contributed by atoms with Crippen LogP contribution in [0.5, 0.6) is 5.75 Å². The maximum atomic E-state index is 12.0. The molecule has 0 radical (unpaired) electrons. The van der Waals surface area contributed by atoms with Crippen LogP contribution in [0.25, 0.3) is 6.08 Å². The molecular formula is C17H12INO3. The minimum Gasteiger partial charge on any atom is -0.496 e. The van der Waals surface area contributed by atoms with Crippen molar-refractivity contribution in [3.8, 4) is 5.75 Å². The number of methoxy groups -OCH3 is 1. The van der Waals surface area contributed by atoms with Crippen LogP contribution in [-0.4, -0.2) is 19.0 Å². The van der Waals surface area contributed by atoms with Gasteiger partial charge in [-0.15, -0.1) is 0 Å². The van der Waals surface area contributed by atoms with Crippen molar-refractivity contribution in [3.63, 3.8) is 0 Å². The number of nitrogens with zero attached hydrogens (tertiary/aromatic N) is 1. The zero-order valence-electron chi connectivity index (χ0n) is 11.7. The molecule has 0 amide bonds. The van der Waals surface area contributed by atoms with Gasteiger partial charge >= 0.3 is 5.97 Å². The molecule has 1 aliphatic rings. The number of benzene rings is 2. The number of carbonyl (C=O) groups excluding carboxylic acids is 1. The SMILES string of the molecule is COc1ccccc1C1=NC(=Cc2cccc(I)c2)C(=O)O1. The van der Waals surface area contributed by atoms with Crippen molar-refractivity contribution in [2.75, 3.05) is 7.11 Å². The van der Waals surface area contributed by atoms with E-state index in [0.717, 1.165) is 9.13 Å². The summed E-state index contributed by atoms with van der Waals surface area (Å²) < 4.78 is 11.6. The number of rotatable bonds is 3. The molecule has 0 aromatic heterocycles. The van der Waals surface area contributed by atoms with Gasteiger partial charge in [0.1, 0.15) is 5.75 Å². The topological polar surface area (TPSA) is 47.9 Å². The fourth-order valence-electron chi connectivity index (χ4n) is 2.10. The summed E-state index contributed by atoms with van der Waals surface area (Å²) in [5.41, 5.74) is 1.84. The van der Waals surface area contributed by atoms with E-state index < -0.39 is 5.97 Å². The number of hydrogen-bond acceptors (Lipinski definition) is 4. The molecule has 2 aromatic rings. The predicted molar refractivity (Wildman–Crippen MR) is 92.8 cm³/mol. The van der Waals surface area contributed by atoms with Crippen molar-refractivity contribution in [1.82, 2.24) is 0 Å². The average Bonchev–Trinajstić information content (AvgIpc) is 2.88. The van der Waals surface area contributed by atoms with Gasteiger partial charge in [0.2, 0.25) is 5.90 Å². The average molecular weight is 405 g/mol. The molecule has 0 aliphatic carbocycles. The molecule has 0 saturated heterocycles. The molecule has 0 N–H and O–H groups in total. The lowest BCUT2D eigenvalue weighted by atomic mass is 10.2. The summed E-state index contributed by atoms with van der Waals surface area (Å²) in [4.78, 5) is 16.3. The van der Waals surface area contributed by atoms with Crippen LogP contribution < -0.4 is 4.74 Å². The number of aliphatic imine (C=N–C) groups is 1. The minimum absolute atomic E-state index is 0.263. The van der Waals surface area contributed by atoms with Crippen molar-refractivity contribution in [1.29, 1.82) is 0 Å². The van der Waals surface area contributed by atoms with E-state index in [-0.39, 0.29) is 11.6 Å². The van der Waals surface area contributed by atoms with Gasteiger partial charge in [-0.25, -0.2) is 9.79 Å². The van der Waals surface area contributed by atoms with E-state index in [1.54, 1.807) is 25.3 Å². The molecule has 0 bridgehead atoms. The lowest BCUT2D eigenvalue weighted by Gasteiger charge is -2.05. The Balaban J connectivity index is 1.98. The van der Waals surface area contributed by atoms with Gasteiger partial charge in [-0.05, 0) is 58.5 Å². The molecular weight excluding hydrogens is 393 g/mol. The second-order valence-corrected chi connectivity index (χ2v) is 5.84. The van der Waals surface area contributed by atoms with Gasteiger partial charge in [-0.2, -0.15) is 0 Å². The first-order chi connectivity index (χ1) is 10.7. The highest BCUT2D eigenvalue weighted by Crippen LogP contribution is 2.25. The molecule has 1 aliphatic heterocycles. The quantitative estimate of drug-likeness (QED) is 0.445. The van der Waals surface area contributed by atoms with E-state index in [4.69, 9.17) is 9.47 Å². The molecule has 0 fully saturated rings. The van der Waals surface area contributed by atoms with Gasteiger partial charge in [0, 0.05) is 3.57 Å². The van der Waals surface area contributed by atoms with E-state index in [1.165, 1.54) is 0 Å². The molecule has 1 heterocycles. The highest BCUT2D eigenvalue weighted by atomic mass is 127. The van der Waals surface area contributed by atoms with Gasteiger partial charge < -0.3 is 9.47 Å². The third-order valence-corrected chi connectivity index (χ3v) is 3.78. The molecule has 5 heteroatoms. The van der Waals surface area contributed by atoms with Gasteiger partial charge in [0.05, 0.1) is 12.7 Å². The number of ether oxygens (including phenoxy) is 2. The molecule has 110 valence electrons. The minimum atomic E-state index is -0.459. The Morgan fingerprint density at radius 3 is 2.77 bits per heavy atom. The number of halogens is 1. The maximum Gasteiger partial charge on any atom is 0.363 e. The van der Waals surface area contributed by atoms with Gasteiger partial charge in [-0.3, -0.25) is 0 Å². The van der Waals surface area contributed by atoms with Crippen molar-refractivity contribution in [2.24, 2.45) is 4.99 Å². The number of hydrogen-bond donors (Lipinski definition) is 0. The number of para-hydroxylation sites is 1. The lowest BCUT2D eigenvalue weighted by Crippen LogP contribution is -2.06. The normalized spacial score (nSPS) is 15.6. The zero-order valence-corrected chi connectivity index (χ0v) is 13.9. The first-order valence-electron chi connectivity index (χ1n) is 6.59. The van der Waals surface area contributed by atoms with Crippen LogP contribution in [0, 0.1) is 3.57 Å². The van der Waals surface area contributed by atoms with Crippen LogP contribution in [-0.2, 0) is 9.53 Å². The molecule has 4 nitrogen and oxygen atoms in total. The third-order valence-electron chi connectivity index (χ3n) is 3.11. The van der Waals surface area contributed by atoms with Crippen LogP contribution in [0.4, 0.5) is 0 Å². The van der Waals surface area contributed by atoms with Crippen LogP contribution >= 0.6 is 22.6 Å².